The Labute approximate surface area is 154 Å². The molecular formula is C19H26N6O. The lowest BCUT2D eigenvalue weighted by Crippen LogP contribution is -2.49. The number of benzene rings is 1. The molecule has 0 radical (unpaired) electrons. The van der Waals surface area contributed by atoms with E-state index in [4.69, 9.17) is 0 Å². The number of amides is 1. The maximum atomic E-state index is 12.9. The van der Waals surface area contributed by atoms with Crippen LogP contribution >= 0.6 is 0 Å². The third kappa shape index (κ3) is 3.19. The van der Waals surface area contributed by atoms with Crippen LogP contribution in [0.4, 0.5) is 5.95 Å². The zero-order valence-corrected chi connectivity index (χ0v) is 15.5. The molecule has 1 fully saturated rings. The van der Waals surface area contributed by atoms with Crippen molar-refractivity contribution in [3.63, 3.8) is 0 Å². The molecule has 0 bridgehead atoms. The van der Waals surface area contributed by atoms with E-state index in [1.54, 1.807) is 0 Å². The molecule has 1 N–H and O–H groups in total. The standard InChI is InChI=1S/C19H26N6O/c1-14-21-22-19(23(14)2)25-10-8-24(9-11-25)18(26)16-6-5-15-4-3-7-20-13-17(15)12-16/h5-6,12,20H,3-4,7-11,13H2,1-2H3. The molecule has 0 saturated carbocycles. The summed E-state index contributed by atoms with van der Waals surface area (Å²) < 4.78 is 2.00. The topological polar surface area (TPSA) is 66.3 Å². The number of rotatable bonds is 2. The molecule has 0 unspecified atom stereocenters. The number of hydrogen-bond acceptors (Lipinski definition) is 5. The SMILES string of the molecule is Cc1nnc(N2CCN(C(=O)c3ccc4c(c3)CNCCC4)CC2)n1C. The summed E-state index contributed by atoms with van der Waals surface area (Å²) in [5.41, 5.74) is 3.44. The van der Waals surface area contributed by atoms with E-state index in [-0.39, 0.29) is 5.91 Å². The number of carbonyl (C=O) groups excluding carboxylic acids is 1. The molecule has 0 atom stereocenters. The number of nitrogens with one attached hydrogen (secondary N) is 1. The van der Waals surface area contributed by atoms with Crippen LogP contribution in [-0.2, 0) is 20.0 Å². The van der Waals surface area contributed by atoms with Gasteiger partial charge >= 0.3 is 0 Å². The molecule has 0 spiro atoms. The van der Waals surface area contributed by atoms with E-state index in [1.807, 2.05) is 29.5 Å². The lowest BCUT2D eigenvalue weighted by atomic mass is 10.0. The lowest BCUT2D eigenvalue weighted by molar-refractivity contribution is 0.0746. The fraction of sp³-hybridized carbons (Fsp3) is 0.526. The van der Waals surface area contributed by atoms with Crippen LogP contribution in [0.2, 0.25) is 0 Å². The number of fused-ring (bicyclic) bond motifs is 1. The Morgan fingerprint density at radius 1 is 1.12 bits per heavy atom. The van der Waals surface area contributed by atoms with E-state index < -0.39 is 0 Å². The number of hydrogen-bond donors (Lipinski definition) is 1. The highest BCUT2D eigenvalue weighted by atomic mass is 16.2. The molecule has 7 heteroatoms. The molecule has 1 aromatic carbocycles. The van der Waals surface area contributed by atoms with Crippen LogP contribution in [0.25, 0.3) is 0 Å². The average molecular weight is 354 g/mol. The smallest absolute Gasteiger partial charge is 0.253 e. The Kier molecular flexibility index (Phi) is 4.63. The van der Waals surface area contributed by atoms with Gasteiger partial charge in [0.1, 0.15) is 5.82 Å². The van der Waals surface area contributed by atoms with Gasteiger partial charge in [-0.3, -0.25) is 4.79 Å². The van der Waals surface area contributed by atoms with E-state index in [2.05, 4.69) is 32.5 Å². The minimum absolute atomic E-state index is 0.130. The molecule has 2 aromatic rings. The van der Waals surface area contributed by atoms with Crippen LogP contribution < -0.4 is 10.2 Å². The van der Waals surface area contributed by atoms with E-state index in [1.165, 1.54) is 11.1 Å². The number of anilines is 1. The van der Waals surface area contributed by atoms with Gasteiger partial charge in [-0.05, 0) is 49.6 Å². The van der Waals surface area contributed by atoms with Crippen LogP contribution in [0.5, 0.6) is 0 Å². The number of aryl methyl sites for hydroxylation is 2. The van der Waals surface area contributed by atoms with Crippen molar-refractivity contribution in [2.24, 2.45) is 7.05 Å². The highest BCUT2D eigenvalue weighted by molar-refractivity contribution is 5.94. The summed E-state index contributed by atoms with van der Waals surface area (Å²) in [5, 5.41) is 11.8. The van der Waals surface area contributed by atoms with E-state index in [9.17, 15) is 4.79 Å². The minimum Gasteiger partial charge on any atom is -0.337 e. The number of nitrogens with zero attached hydrogens (tertiary/aromatic N) is 5. The second-order valence-electron chi connectivity index (χ2n) is 7.15. The van der Waals surface area contributed by atoms with Gasteiger partial charge in [0.25, 0.3) is 5.91 Å². The van der Waals surface area contributed by atoms with Gasteiger partial charge in [-0.2, -0.15) is 0 Å². The average Bonchev–Trinajstić information content (AvgIpc) is 2.87. The fourth-order valence-electron chi connectivity index (χ4n) is 3.76. The molecule has 7 nitrogen and oxygen atoms in total. The van der Waals surface area contributed by atoms with Crippen molar-refractivity contribution in [3.8, 4) is 0 Å². The fourth-order valence-corrected chi connectivity index (χ4v) is 3.76. The van der Waals surface area contributed by atoms with Crippen molar-refractivity contribution in [2.75, 3.05) is 37.6 Å². The Bertz CT molecular complexity index is 806. The zero-order chi connectivity index (χ0) is 18.1. The minimum atomic E-state index is 0.130. The Morgan fingerprint density at radius 2 is 1.92 bits per heavy atom. The first-order valence-corrected chi connectivity index (χ1v) is 9.36. The van der Waals surface area contributed by atoms with Crippen LogP contribution in [0.1, 0.15) is 33.7 Å². The first-order valence-electron chi connectivity index (χ1n) is 9.36. The molecule has 3 heterocycles. The normalized spacial score (nSPS) is 17.8. The van der Waals surface area contributed by atoms with Gasteiger partial charge in [-0.1, -0.05) is 6.07 Å². The summed E-state index contributed by atoms with van der Waals surface area (Å²) in [4.78, 5) is 17.1. The number of aromatic nitrogens is 3. The van der Waals surface area contributed by atoms with Crippen molar-refractivity contribution < 1.29 is 4.79 Å². The van der Waals surface area contributed by atoms with E-state index >= 15 is 0 Å². The molecule has 1 saturated heterocycles. The third-order valence-electron chi connectivity index (χ3n) is 5.49. The predicted octanol–water partition coefficient (Wildman–Crippen LogP) is 1.12. The van der Waals surface area contributed by atoms with Gasteiger partial charge in [0, 0.05) is 45.3 Å². The number of piperazine rings is 1. The first-order chi connectivity index (χ1) is 12.6. The molecule has 0 aliphatic carbocycles. The monoisotopic (exact) mass is 354 g/mol. The van der Waals surface area contributed by atoms with Gasteiger partial charge in [-0.15, -0.1) is 10.2 Å². The van der Waals surface area contributed by atoms with Crippen molar-refractivity contribution in [2.45, 2.75) is 26.3 Å². The maximum Gasteiger partial charge on any atom is 0.253 e. The van der Waals surface area contributed by atoms with Crippen LogP contribution in [-0.4, -0.2) is 58.3 Å². The molecule has 26 heavy (non-hydrogen) atoms. The summed E-state index contributed by atoms with van der Waals surface area (Å²) in [6.07, 6.45) is 2.25. The van der Waals surface area contributed by atoms with Crippen molar-refractivity contribution in [3.05, 3.63) is 40.7 Å². The second-order valence-corrected chi connectivity index (χ2v) is 7.15. The van der Waals surface area contributed by atoms with Gasteiger partial charge in [0.05, 0.1) is 0 Å². The van der Waals surface area contributed by atoms with Gasteiger partial charge in [-0.25, -0.2) is 0 Å². The summed E-state index contributed by atoms with van der Waals surface area (Å²) in [6, 6.07) is 6.20. The molecule has 1 aromatic heterocycles. The third-order valence-corrected chi connectivity index (χ3v) is 5.49. The molecule has 4 rings (SSSR count). The Morgan fingerprint density at radius 3 is 2.65 bits per heavy atom. The van der Waals surface area contributed by atoms with Gasteiger partial charge < -0.3 is 19.7 Å². The highest BCUT2D eigenvalue weighted by Gasteiger charge is 2.25. The van der Waals surface area contributed by atoms with Crippen molar-refractivity contribution in [1.82, 2.24) is 25.0 Å². The van der Waals surface area contributed by atoms with Gasteiger partial charge in [0.15, 0.2) is 0 Å². The zero-order valence-electron chi connectivity index (χ0n) is 15.5. The number of carbonyl (C=O) groups is 1. The molecule has 2 aliphatic heterocycles. The van der Waals surface area contributed by atoms with Crippen LogP contribution in [0, 0.1) is 6.92 Å². The van der Waals surface area contributed by atoms with Crippen molar-refractivity contribution in [1.29, 1.82) is 0 Å². The lowest BCUT2D eigenvalue weighted by Gasteiger charge is -2.35. The molecule has 2 aliphatic rings. The summed E-state index contributed by atoms with van der Waals surface area (Å²) >= 11 is 0. The van der Waals surface area contributed by atoms with Crippen molar-refractivity contribution >= 4 is 11.9 Å². The van der Waals surface area contributed by atoms with E-state index in [0.717, 1.165) is 56.4 Å². The first kappa shape index (κ1) is 17.0. The summed E-state index contributed by atoms with van der Waals surface area (Å²) in [5.74, 6) is 1.91. The predicted molar refractivity (Wildman–Crippen MR) is 100 cm³/mol. The Balaban J connectivity index is 1.44. The maximum absolute atomic E-state index is 12.9. The highest BCUT2D eigenvalue weighted by Crippen LogP contribution is 2.19. The van der Waals surface area contributed by atoms with Crippen LogP contribution in [0.3, 0.4) is 0 Å². The molecule has 138 valence electrons. The largest absolute Gasteiger partial charge is 0.337 e. The van der Waals surface area contributed by atoms with Gasteiger partial charge in [0.2, 0.25) is 5.95 Å². The quantitative estimate of drug-likeness (QED) is 0.876. The Hall–Kier alpha value is -2.41. The van der Waals surface area contributed by atoms with E-state index in [0.29, 0.717) is 13.1 Å². The molecule has 1 amide bonds. The van der Waals surface area contributed by atoms with Crippen LogP contribution in [0.15, 0.2) is 18.2 Å². The molecular weight excluding hydrogens is 328 g/mol. The second kappa shape index (κ2) is 7.07. The summed E-state index contributed by atoms with van der Waals surface area (Å²) in [7, 11) is 1.98. The summed E-state index contributed by atoms with van der Waals surface area (Å²) in [6.45, 7) is 6.83.